The summed E-state index contributed by atoms with van der Waals surface area (Å²) in [5.41, 5.74) is 1.81. The highest BCUT2D eigenvalue weighted by molar-refractivity contribution is 7.98. The Bertz CT molecular complexity index is 679. The number of fused-ring (bicyclic) bond motifs is 1. The number of hydrogen-bond acceptors (Lipinski definition) is 5. The molecule has 0 atom stereocenters. The molecule has 0 N–H and O–H groups in total. The van der Waals surface area contributed by atoms with Crippen LogP contribution in [-0.2, 0) is 16.0 Å². The molecule has 0 bridgehead atoms. The Balaban J connectivity index is 2.00. The van der Waals surface area contributed by atoms with Crippen molar-refractivity contribution in [1.82, 2.24) is 14.4 Å². The molecule has 0 unspecified atom stereocenters. The zero-order valence-corrected chi connectivity index (χ0v) is 14.2. The monoisotopic (exact) mass is 317 g/mol. The minimum absolute atomic E-state index is 0.181. The minimum Gasteiger partial charge on any atom is -0.465 e. The summed E-state index contributed by atoms with van der Waals surface area (Å²) in [6, 6.07) is 0. The van der Waals surface area contributed by atoms with Crippen molar-refractivity contribution in [3.63, 3.8) is 0 Å². The van der Waals surface area contributed by atoms with Gasteiger partial charge in [0.2, 0.25) is 0 Å². The predicted molar refractivity (Wildman–Crippen MR) is 88.9 cm³/mol. The van der Waals surface area contributed by atoms with E-state index < -0.39 is 5.41 Å². The molecule has 2 radical (unpaired) electrons. The molecule has 0 spiro atoms. The Hall–Kier alpha value is -1.50. The SMILES string of the molecule is [B]c1cnc2c(SC)nc(CCCOC(=O)C(C)(C)C)cn12. The van der Waals surface area contributed by atoms with Crippen molar-refractivity contribution in [3.05, 3.63) is 18.1 Å². The van der Waals surface area contributed by atoms with Crippen LogP contribution in [0, 0.1) is 5.41 Å². The standard InChI is InChI=1S/C15H20BN3O2S/c1-15(2,3)14(20)21-7-5-6-10-9-19-11(16)8-17-12(19)13(18-10)22-4/h8-9H,5-7H2,1-4H3. The number of esters is 1. The van der Waals surface area contributed by atoms with Gasteiger partial charge in [-0.15, -0.1) is 11.8 Å². The molecule has 2 aromatic heterocycles. The first kappa shape index (κ1) is 16.9. The summed E-state index contributed by atoms with van der Waals surface area (Å²) >= 11 is 1.54. The molecule has 116 valence electrons. The van der Waals surface area contributed by atoms with Crippen molar-refractivity contribution in [3.8, 4) is 0 Å². The third kappa shape index (κ3) is 3.82. The van der Waals surface area contributed by atoms with Crippen molar-refractivity contribution in [2.24, 2.45) is 5.41 Å². The number of aromatic nitrogens is 3. The Morgan fingerprint density at radius 2 is 2.18 bits per heavy atom. The molecule has 0 aliphatic rings. The average molecular weight is 317 g/mol. The maximum absolute atomic E-state index is 11.7. The van der Waals surface area contributed by atoms with Gasteiger partial charge >= 0.3 is 5.97 Å². The van der Waals surface area contributed by atoms with Gasteiger partial charge in [0, 0.05) is 12.4 Å². The number of ether oxygens (including phenoxy) is 1. The molecule has 0 aliphatic heterocycles. The Labute approximate surface area is 136 Å². The van der Waals surface area contributed by atoms with Crippen molar-refractivity contribution >= 4 is 36.8 Å². The van der Waals surface area contributed by atoms with Crippen LogP contribution in [0.2, 0.25) is 0 Å². The van der Waals surface area contributed by atoms with Crippen LogP contribution in [-0.4, -0.2) is 41.0 Å². The number of rotatable bonds is 5. The van der Waals surface area contributed by atoms with E-state index in [1.54, 1.807) is 6.20 Å². The topological polar surface area (TPSA) is 56.5 Å². The van der Waals surface area contributed by atoms with Gasteiger partial charge in [-0.1, -0.05) is 0 Å². The van der Waals surface area contributed by atoms with Crippen LogP contribution in [0.1, 0.15) is 32.9 Å². The van der Waals surface area contributed by atoms with E-state index in [1.165, 1.54) is 11.8 Å². The van der Waals surface area contributed by atoms with E-state index in [4.69, 9.17) is 12.6 Å². The van der Waals surface area contributed by atoms with Gasteiger partial charge in [-0.2, -0.15) is 0 Å². The summed E-state index contributed by atoms with van der Waals surface area (Å²) in [4.78, 5) is 20.5. The summed E-state index contributed by atoms with van der Waals surface area (Å²) in [6.07, 6.45) is 6.93. The molecule has 0 fully saturated rings. The van der Waals surface area contributed by atoms with Gasteiger partial charge in [-0.3, -0.25) is 4.79 Å². The lowest BCUT2D eigenvalue weighted by Crippen LogP contribution is -2.23. The minimum atomic E-state index is -0.464. The highest BCUT2D eigenvalue weighted by Crippen LogP contribution is 2.18. The van der Waals surface area contributed by atoms with E-state index in [2.05, 4.69) is 9.97 Å². The van der Waals surface area contributed by atoms with Gasteiger partial charge in [-0.25, -0.2) is 9.97 Å². The van der Waals surface area contributed by atoms with Crippen molar-refractivity contribution in [2.45, 2.75) is 38.6 Å². The lowest BCUT2D eigenvalue weighted by atomic mass is 9.97. The molecule has 2 aromatic rings. The molecule has 0 aromatic carbocycles. The molecule has 2 rings (SSSR count). The first-order valence-corrected chi connectivity index (χ1v) is 8.39. The van der Waals surface area contributed by atoms with Gasteiger partial charge in [0.05, 0.1) is 17.7 Å². The second kappa shape index (κ2) is 6.73. The lowest BCUT2D eigenvalue weighted by molar-refractivity contribution is -0.153. The fourth-order valence-electron chi connectivity index (χ4n) is 1.92. The summed E-state index contributed by atoms with van der Waals surface area (Å²) in [5.74, 6) is -0.181. The molecule has 0 saturated carbocycles. The van der Waals surface area contributed by atoms with Gasteiger partial charge in [0.25, 0.3) is 0 Å². The quantitative estimate of drug-likeness (QED) is 0.364. The lowest BCUT2D eigenvalue weighted by Gasteiger charge is -2.16. The van der Waals surface area contributed by atoms with Crippen molar-refractivity contribution < 1.29 is 9.53 Å². The van der Waals surface area contributed by atoms with E-state index in [0.29, 0.717) is 12.2 Å². The van der Waals surface area contributed by atoms with E-state index in [0.717, 1.165) is 29.2 Å². The molecule has 0 amide bonds. The third-order valence-electron chi connectivity index (χ3n) is 3.16. The van der Waals surface area contributed by atoms with E-state index in [1.807, 2.05) is 37.6 Å². The molecular weight excluding hydrogens is 297 g/mol. The van der Waals surface area contributed by atoms with Gasteiger partial charge in [0.1, 0.15) is 12.9 Å². The second-order valence-corrected chi connectivity index (χ2v) is 6.90. The van der Waals surface area contributed by atoms with Crippen LogP contribution < -0.4 is 5.59 Å². The smallest absolute Gasteiger partial charge is 0.311 e. The maximum atomic E-state index is 11.7. The molecule has 7 heteroatoms. The van der Waals surface area contributed by atoms with Crippen molar-refractivity contribution in [1.29, 1.82) is 0 Å². The predicted octanol–water partition coefficient (Wildman–Crippen LogP) is 1.77. The van der Waals surface area contributed by atoms with Crippen LogP contribution >= 0.6 is 11.8 Å². The average Bonchev–Trinajstić information content (AvgIpc) is 2.83. The van der Waals surface area contributed by atoms with Crippen LogP contribution in [0.15, 0.2) is 17.4 Å². The van der Waals surface area contributed by atoms with Gasteiger partial charge in [-0.05, 0) is 45.5 Å². The summed E-state index contributed by atoms with van der Waals surface area (Å²) in [7, 11) is 5.91. The van der Waals surface area contributed by atoms with Gasteiger partial charge < -0.3 is 9.14 Å². The number of hydrogen-bond donors (Lipinski definition) is 0. The molecule has 0 saturated heterocycles. The Kier molecular flexibility index (Phi) is 5.16. The fourth-order valence-corrected chi connectivity index (χ4v) is 2.46. The number of carbonyl (C=O) groups excluding carboxylic acids is 1. The first-order valence-electron chi connectivity index (χ1n) is 7.16. The van der Waals surface area contributed by atoms with E-state index >= 15 is 0 Å². The van der Waals surface area contributed by atoms with Gasteiger partial charge in [0.15, 0.2) is 5.65 Å². The summed E-state index contributed by atoms with van der Waals surface area (Å²) in [6.45, 7) is 5.93. The van der Waals surface area contributed by atoms with Crippen LogP contribution in [0.5, 0.6) is 0 Å². The van der Waals surface area contributed by atoms with Crippen LogP contribution in [0.25, 0.3) is 5.65 Å². The highest BCUT2D eigenvalue weighted by Gasteiger charge is 2.22. The number of thioether (sulfide) groups is 1. The highest BCUT2D eigenvalue weighted by atomic mass is 32.2. The third-order valence-corrected chi connectivity index (χ3v) is 3.82. The largest absolute Gasteiger partial charge is 0.465 e. The van der Waals surface area contributed by atoms with Crippen molar-refractivity contribution in [2.75, 3.05) is 12.9 Å². The Morgan fingerprint density at radius 3 is 2.82 bits per heavy atom. The number of imidazole rings is 1. The number of carbonyl (C=O) groups is 1. The van der Waals surface area contributed by atoms with E-state index in [-0.39, 0.29) is 5.97 Å². The molecule has 22 heavy (non-hydrogen) atoms. The zero-order valence-electron chi connectivity index (χ0n) is 13.4. The molecule has 2 heterocycles. The fraction of sp³-hybridized carbons (Fsp3) is 0.533. The zero-order chi connectivity index (χ0) is 16.3. The van der Waals surface area contributed by atoms with E-state index in [9.17, 15) is 4.79 Å². The Morgan fingerprint density at radius 1 is 1.45 bits per heavy atom. The summed E-state index contributed by atoms with van der Waals surface area (Å²) < 4.78 is 7.11. The molecule has 5 nitrogen and oxygen atoms in total. The van der Waals surface area contributed by atoms with Crippen LogP contribution in [0.3, 0.4) is 0 Å². The maximum Gasteiger partial charge on any atom is 0.311 e. The number of aryl methyl sites for hydroxylation is 1. The molecule has 0 aliphatic carbocycles. The normalized spacial score (nSPS) is 11.8. The number of nitrogens with zero attached hydrogens (tertiary/aromatic N) is 3. The second-order valence-electron chi connectivity index (χ2n) is 6.11. The van der Waals surface area contributed by atoms with Crippen LogP contribution in [0.4, 0.5) is 0 Å². The first-order chi connectivity index (χ1) is 10.3. The molecular formula is C15H20BN3O2S. The summed E-state index contributed by atoms with van der Waals surface area (Å²) in [5, 5.41) is 0.848.